The first-order valence-corrected chi connectivity index (χ1v) is 7.87. The maximum absolute atomic E-state index is 12.6. The standard InChI is InChI=1S/C13H17NO5S/c15-9-11-5-1-2-7-14(11)20(18,19)12-6-3-4-10(8-12)13(16)17/h3-4,6,8,11,15H,1-2,5,7,9H2,(H,16,17). The Kier molecular flexibility index (Phi) is 4.42. The highest BCUT2D eigenvalue weighted by Crippen LogP contribution is 2.25. The van der Waals surface area contributed by atoms with Crippen LogP contribution in [0.5, 0.6) is 0 Å². The molecule has 2 N–H and O–H groups in total. The van der Waals surface area contributed by atoms with E-state index in [1.807, 2.05) is 0 Å². The Labute approximate surface area is 117 Å². The van der Waals surface area contributed by atoms with Gasteiger partial charge < -0.3 is 10.2 Å². The largest absolute Gasteiger partial charge is 0.478 e. The average Bonchev–Trinajstić information content (AvgIpc) is 2.47. The summed E-state index contributed by atoms with van der Waals surface area (Å²) in [5, 5.41) is 18.2. The molecule has 1 aromatic rings. The van der Waals surface area contributed by atoms with Crippen LogP contribution in [0.1, 0.15) is 29.6 Å². The van der Waals surface area contributed by atoms with Crippen LogP contribution >= 0.6 is 0 Å². The van der Waals surface area contributed by atoms with Gasteiger partial charge in [0.2, 0.25) is 10.0 Å². The highest BCUT2D eigenvalue weighted by Gasteiger charge is 2.33. The number of nitrogens with zero attached hydrogens (tertiary/aromatic N) is 1. The monoisotopic (exact) mass is 299 g/mol. The van der Waals surface area contributed by atoms with Crippen LogP contribution < -0.4 is 0 Å². The summed E-state index contributed by atoms with van der Waals surface area (Å²) < 4.78 is 26.4. The summed E-state index contributed by atoms with van der Waals surface area (Å²) in [6.07, 6.45) is 2.25. The van der Waals surface area contributed by atoms with E-state index in [4.69, 9.17) is 5.11 Å². The van der Waals surface area contributed by atoms with Gasteiger partial charge in [0, 0.05) is 12.6 Å². The van der Waals surface area contributed by atoms with Gasteiger partial charge in [-0.15, -0.1) is 0 Å². The lowest BCUT2D eigenvalue weighted by Gasteiger charge is -2.33. The lowest BCUT2D eigenvalue weighted by molar-refractivity contribution is 0.0696. The Bertz CT molecular complexity index is 599. The number of sulfonamides is 1. The second-order valence-corrected chi connectivity index (χ2v) is 6.67. The Hall–Kier alpha value is -1.44. The molecule has 2 rings (SSSR count). The highest BCUT2D eigenvalue weighted by atomic mass is 32.2. The molecule has 6 nitrogen and oxygen atoms in total. The number of hydrogen-bond acceptors (Lipinski definition) is 4. The zero-order chi connectivity index (χ0) is 14.8. The van der Waals surface area contributed by atoms with Crippen LogP contribution in [0, 0.1) is 0 Å². The maximum Gasteiger partial charge on any atom is 0.335 e. The smallest absolute Gasteiger partial charge is 0.335 e. The van der Waals surface area contributed by atoms with Gasteiger partial charge >= 0.3 is 5.97 Å². The summed E-state index contributed by atoms with van der Waals surface area (Å²) >= 11 is 0. The second kappa shape index (κ2) is 5.90. The van der Waals surface area contributed by atoms with E-state index in [1.165, 1.54) is 22.5 Å². The molecule has 1 saturated heterocycles. The van der Waals surface area contributed by atoms with Crippen molar-refractivity contribution in [3.63, 3.8) is 0 Å². The molecular weight excluding hydrogens is 282 g/mol. The number of piperidine rings is 1. The van der Waals surface area contributed by atoms with Crippen molar-refractivity contribution in [1.29, 1.82) is 0 Å². The first-order chi connectivity index (χ1) is 9.46. The number of hydrogen-bond donors (Lipinski definition) is 2. The SMILES string of the molecule is O=C(O)c1cccc(S(=O)(=O)N2CCCCC2CO)c1. The third-order valence-electron chi connectivity index (χ3n) is 3.47. The van der Waals surface area contributed by atoms with Crippen LogP contribution in [-0.4, -0.2) is 48.1 Å². The average molecular weight is 299 g/mol. The number of carbonyl (C=O) groups is 1. The molecule has 1 aromatic carbocycles. The van der Waals surface area contributed by atoms with Gasteiger partial charge in [-0.25, -0.2) is 13.2 Å². The number of carboxylic acid groups (broad SMARTS) is 1. The topological polar surface area (TPSA) is 94.9 Å². The van der Waals surface area contributed by atoms with Crippen molar-refractivity contribution in [3.8, 4) is 0 Å². The van der Waals surface area contributed by atoms with Gasteiger partial charge in [-0.1, -0.05) is 12.5 Å². The summed E-state index contributed by atoms with van der Waals surface area (Å²) in [6, 6.07) is 4.86. The summed E-state index contributed by atoms with van der Waals surface area (Å²) in [5.41, 5.74) is -0.0661. The molecule has 0 bridgehead atoms. The van der Waals surface area contributed by atoms with Gasteiger partial charge in [0.15, 0.2) is 0 Å². The Morgan fingerprint density at radius 2 is 2.10 bits per heavy atom. The molecule has 0 aliphatic carbocycles. The van der Waals surface area contributed by atoms with Crippen LogP contribution in [0.3, 0.4) is 0 Å². The van der Waals surface area contributed by atoms with E-state index in [0.29, 0.717) is 13.0 Å². The molecule has 1 fully saturated rings. The summed E-state index contributed by atoms with van der Waals surface area (Å²) in [5.74, 6) is -1.17. The first kappa shape index (κ1) is 15.0. The summed E-state index contributed by atoms with van der Waals surface area (Å²) in [7, 11) is -3.77. The van der Waals surface area contributed by atoms with Gasteiger partial charge in [0.1, 0.15) is 0 Å². The zero-order valence-corrected chi connectivity index (χ0v) is 11.7. The number of aliphatic hydroxyl groups is 1. The van der Waals surface area contributed by atoms with Gasteiger partial charge in [0.05, 0.1) is 17.1 Å². The molecule has 0 amide bonds. The third-order valence-corrected chi connectivity index (χ3v) is 5.42. The predicted molar refractivity (Wildman–Crippen MR) is 72.0 cm³/mol. The van der Waals surface area contributed by atoms with E-state index in [-0.39, 0.29) is 17.1 Å². The van der Waals surface area contributed by atoms with Crippen LogP contribution in [0.25, 0.3) is 0 Å². The normalized spacial score (nSPS) is 20.8. The fourth-order valence-corrected chi connectivity index (χ4v) is 4.13. The van der Waals surface area contributed by atoms with Gasteiger partial charge in [-0.3, -0.25) is 0 Å². The predicted octanol–water partition coefficient (Wildman–Crippen LogP) is 0.920. The van der Waals surface area contributed by atoms with Crippen molar-refractivity contribution in [3.05, 3.63) is 29.8 Å². The lowest BCUT2D eigenvalue weighted by atomic mass is 10.1. The quantitative estimate of drug-likeness (QED) is 0.862. The molecule has 0 radical (unpaired) electrons. The number of benzene rings is 1. The van der Waals surface area contributed by atoms with Crippen molar-refractivity contribution in [1.82, 2.24) is 4.31 Å². The van der Waals surface area contributed by atoms with Gasteiger partial charge in [-0.2, -0.15) is 4.31 Å². The Balaban J connectivity index is 2.38. The van der Waals surface area contributed by atoms with E-state index >= 15 is 0 Å². The zero-order valence-electron chi connectivity index (χ0n) is 10.9. The minimum Gasteiger partial charge on any atom is -0.478 e. The Morgan fingerprint density at radius 1 is 1.35 bits per heavy atom. The molecule has 0 spiro atoms. The fraction of sp³-hybridized carbons (Fsp3) is 0.462. The summed E-state index contributed by atoms with van der Waals surface area (Å²) in [4.78, 5) is 10.9. The number of aliphatic hydroxyl groups excluding tert-OH is 1. The molecule has 1 aliphatic heterocycles. The van der Waals surface area contributed by atoms with Gasteiger partial charge in [0.25, 0.3) is 0 Å². The second-order valence-electron chi connectivity index (χ2n) is 4.78. The van der Waals surface area contributed by atoms with Crippen molar-refractivity contribution < 1.29 is 23.4 Å². The minimum atomic E-state index is -3.77. The fourth-order valence-electron chi connectivity index (χ4n) is 2.40. The van der Waals surface area contributed by atoms with Crippen molar-refractivity contribution in [2.45, 2.75) is 30.2 Å². The number of carboxylic acids is 1. The molecule has 1 aliphatic rings. The molecule has 110 valence electrons. The Morgan fingerprint density at radius 3 is 2.75 bits per heavy atom. The van der Waals surface area contributed by atoms with Crippen molar-refractivity contribution >= 4 is 16.0 Å². The van der Waals surface area contributed by atoms with Crippen LogP contribution in [0.2, 0.25) is 0 Å². The first-order valence-electron chi connectivity index (χ1n) is 6.43. The molecule has 1 atom stereocenters. The minimum absolute atomic E-state index is 0.0437. The van der Waals surface area contributed by atoms with Crippen molar-refractivity contribution in [2.75, 3.05) is 13.2 Å². The molecule has 20 heavy (non-hydrogen) atoms. The third kappa shape index (κ3) is 2.84. The van der Waals surface area contributed by atoms with Crippen LogP contribution in [-0.2, 0) is 10.0 Å². The van der Waals surface area contributed by atoms with Gasteiger partial charge in [-0.05, 0) is 31.0 Å². The number of rotatable bonds is 4. The summed E-state index contributed by atoms with van der Waals surface area (Å²) in [6.45, 7) is 0.128. The number of aromatic carboxylic acids is 1. The molecule has 1 unspecified atom stereocenters. The maximum atomic E-state index is 12.6. The van der Waals surface area contributed by atoms with E-state index in [1.54, 1.807) is 0 Å². The molecule has 7 heteroatoms. The highest BCUT2D eigenvalue weighted by molar-refractivity contribution is 7.89. The molecular formula is C13H17NO5S. The lowest BCUT2D eigenvalue weighted by Crippen LogP contribution is -2.45. The molecule has 0 saturated carbocycles. The van der Waals surface area contributed by atoms with Crippen LogP contribution in [0.15, 0.2) is 29.2 Å². The van der Waals surface area contributed by atoms with E-state index < -0.39 is 22.0 Å². The molecule has 0 aromatic heterocycles. The van der Waals surface area contributed by atoms with E-state index in [9.17, 15) is 18.3 Å². The van der Waals surface area contributed by atoms with Crippen molar-refractivity contribution in [2.24, 2.45) is 0 Å². The molecule has 1 heterocycles. The van der Waals surface area contributed by atoms with Crippen LogP contribution in [0.4, 0.5) is 0 Å². The van der Waals surface area contributed by atoms with E-state index in [2.05, 4.69) is 0 Å². The van der Waals surface area contributed by atoms with E-state index in [0.717, 1.165) is 18.9 Å².